The Morgan fingerprint density at radius 2 is 2.06 bits per heavy atom. The third-order valence-corrected chi connectivity index (χ3v) is 2.74. The van der Waals surface area contributed by atoms with Gasteiger partial charge >= 0.3 is 0 Å². The number of halogens is 2. The van der Waals surface area contributed by atoms with Crippen LogP contribution >= 0.6 is 11.6 Å². The smallest absolute Gasteiger partial charge is 0.227 e. The number of carbonyl (C=O) groups excluding carboxylic acids is 1. The standard InChI is InChI=1S/C13H17ClFNO/c1-10(2)16(8-7-14)13(17)9-11-5-3-4-6-12(11)15/h3-6,10H,7-9H2,1-2H3. The van der Waals surface area contributed by atoms with Crippen molar-refractivity contribution < 1.29 is 9.18 Å². The third kappa shape index (κ3) is 4.00. The zero-order valence-electron chi connectivity index (χ0n) is 10.1. The summed E-state index contributed by atoms with van der Waals surface area (Å²) in [4.78, 5) is 13.7. The van der Waals surface area contributed by atoms with E-state index >= 15 is 0 Å². The Balaban J connectivity index is 2.73. The highest BCUT2D eigenvalue weighted by atomic mass is 35.5. The number of alkyl halides is 1. The van der Waals surface area contributed by atoms with E-state index in [1.807, 2.05) is 13.8 Å². The molecule has 0 aromatic heterocycles. The van der Waals surface area contributed by atoms with Gasteiger partial charge in [-0.3, -0.25) is 4.79 Å². The van der Waals surface area contributed by atoms with Gasteiger partial charge in [0.05, 0.1) is 6.42 Å². The molecule has 0 bridgehead atoms. The van der Waals surface area contributed by atoms with Gasteiger partial charge in [-0.2, -0.15) is 0 Å². The molecule has 0 heterocycles. The van der Waals surface area contributed by atoms with Gasteiger partial charge in [-0.1, -0.05) is 18.2 Å². The van der Waals surface area contributed by atoms with Crippen LogP contribution in [-0.4, -0.2) is 29.3 Å². The van der Waals surface area contributed by atoms with Crippen molar-refractivity contribution in [3.63, 3.8) is 0 Å². The number of hydrogen-bond donors (Lipinski definition) is 0. The summed E-state index contributed by atoms with van der Waals surface area (Å²) in [6.45, 7) is 4.34. The minimum atomic E-state index is -0.338. The molecule has 2 nitrogen and oxygen atoms in total. The fourth-order valence-electron chi connectivity index (χ4n) is 1.67. The highest BCUT2D eigenvalue weighted by Gasteiger charge is 2.17. The van der Waals surface area contributed by atoms with E-state index in [2.05, 4.69) is 0 Å². The average Bonchev–Trinajstić information content (AvgIpc) is 2.28. The van der Waals surface area contributed by atoms with Gasteiger partial charge in [-0.05, 0) is 25.5 Å². The maximum Gasteiger partial charge on any atom is 0.227 e. The molecule has 0 aliphatic heterocycles. The lowest BCUT2D eigenvalue weighted by molar-refractivity contribution is -0.131. The summed E-state index contributed by atoms with van der Waals surface area (Å²) in [5, 5.41) is 0. The van der Waals surface area contributed by atoms with Gasteiger partial charge in [0.1, 0.15) is 5.82 Å². The Hall–Kier alpha value is -1.09. The second kappa shape index (κ2) is 6.60. The number of benzene rings is 1. The Bertz CT molecular complexity index is 381. The quantitative estimate of drug-likeness (QED) is 0.743. The average molecular weight is 258 g/mol. The number of amides is 1. The summed E-state index contributed by atoms with van der Waals surface area (Å²) in [5.74, 6) is -0.0394. The summed E-state index contributed by atoms with van der Waals surface area (Å²) in [6.07, 6.45) is 0.0851. The van der Waals surface area contributed by atoms with Crippen LogP contribution in [0, 0.1) is 5.82 Å². The van der Waals surface area contributed by atoms with Crippen molar-refractivity contribution >= 4 is 17.5 Å². The molecule has 0 saturated heterocycles. The van der Waals surface area contributed by atoms with Crippen LogP contribution in [0.4, 0.5) is 4.39 Å². The van der Waals surface area contributed by atoms with Crippen molar-refractivity contribution in [3.8, 4) is 0 Å². The molecule has 0 aliphatic rings. The van der Waals surface area contributed by atoms with Crippen LogP contribution in [0.2, 0.25) is 0 Å². The van der Waals surface area contributed by atoms with Gasteiger partial charge in [0.2, 0.25) is 5.91 Å². The van der Waals surface area contributed by atoms with E-state index in [0.717, 1.165) is 0 Å². The van der Waals surface area contributed by atoms with Crippen molar-refractivity contribution in [2.45, 2.75) is 26.3 Å². The lowest BCUT2D eigenvalue weighted by Crippen LogP contribution is -2.39. The Morgan fingerprint density at radius 1 is 1.41 bits per heavy atom. The van der Waals surface area contributed by atoms with Gasteiger partial charge in [-0.15, -0.1) is 11.6 Å². The van der Waals surface area contributed by atoms with E-state index in [0.29, 0.717) is 18.0 Å². The van der Waals surface area contributed by atoms with Crippen molar-refractivity contribution in [1.29, 1.82) is 0 Å². The Morgan fingerprint density at radius 3 is 2.59 bits per heavy atom. The lowest BCUT2D eigenvalue weighted by Gasteiger charge is -2.26. The largest absolute Gasteiger partial charge is 0.339 e. The predicted molar refractivity (Wildman–Crippen MR) is 67.7 cm³/mol. The van der Waals surface area contributed by atoms with Crippen molar-refractivity contribution in [1.82, 2.24) is 4.90 Å². The molecule has 0 fully saturated rings. The molecule has 1 aromatic carbocycles. The molecule has 17 heavy (non-hydrogen) atoms. The van der Waals surface area contributed by atoms with Crippen molar-refractivity contribution in [2.24, 2.45) is 0 Å². The van der Waals surface area contributed by atoms with Gasteiger partial charge in [0, 0.05) is 18.5 Å². The van der Waals surface area contributed by atoms with Crippen LogP contribution in [0.1, 0.15) is 19.4 Å². The summed E-state index contributed by atoms with van der Waals surface area (Å²) >= 11 is 5.65. The summed E-state index contributed by atoms with van der Waals surface area (Å²) in [6, 6.07) is 6.42. The van der Waals surface area contributed by atoms with Crippen LogP contribution in [0.5, 0.6) is 0 Å². The fraction of sp³-hybridized carbons (Fsp3) is 0.462. The van der Waals surface area contributed by atoms with Gasteiger partial charge < -0.3 is 4.90 Å². The second-order valence-electron chi connectivity index (χ2n) is 4.14. The van der Waals surface area contributed by atoms with Crippen LogP contribution in [0.3, 0.4) is 0 Å². The van der Waals surface area contributed by atoms with Crippen LogP contribution in [-0.2, 0) is 11.2 Å². The normalized spacial score (nSPS) is 10.6. The van der Waals surface area contributed by atoms with Crippen molar-refractivity contribution in [3.05, 3.63) is 35.6 Å². The van der Waals surface area contributed by atoms with Gasteiger partial charge in [0.15, 0.2) is 0 Å². The van der Waals surface area contributed by atoms with E-state index in [1.165, 1.54) is 6.07 Å². The predicted octanol–water partition coefficient (Wildman–Crippen LogP) is 2.84. The molecule has 1 rings (SSSR count). The minimum Gasteiger partial charge on any atom is -0.339 e. The van der Waals surface area contributed by atoms with Crippen LogP contribution in [0.15, 0.2) is 24.3 Å². The third-order valence-electron chi connectivity index (χ3n) is 2.57. The monoisotopic (exact) mass is 257 g/mol. The Kier molecular flexibility index (Phi) is 5.42. The maximum absolute atomic E-state index is 13.4. The number of rotatable bonds is 5. The van der Waals surface area contributed by atoms with E-state index in [-0.39, 0.29) is 24.2 Å². The highest BCUT2D eigenvalue weighted by molar-refractivity contribution is 6.18. The minimum absolute atomic E-state index is 0.0769. The van der Waals surface area contributed by atoms with E-state index < -0.39 is 0 Å². The second-order valence-corrected chi connectivity index (χ2v) is 4.52. The molecule has 0 atom stereocenters. The number of hydrogen-bond acceptors (Lipinski definition) is 1. The molecule has 0 saturated carbocycles. The molecule has 1 aromatic rings. The van der Waals surface area contributed by atoms with Gasteiger partial charge in [0.25, 0.3) is 0 Å². The fourth-order valence-corrected chi connectivity index (χ4v) is 1.85. The molecule has 4 heteroatoms. The molecule has 0 unspecified atom stereocenters. The molecule has 94 valence electrons. The first-order chi connectivity index (χ1) is 8.06. The summed E-state index contributed by atoms with van der Waals surface area (Å²) in [7, 11) is 0. The van der Waals surface area contributed by atoms with E-state index in [4.69, 9.17) is 11.6 Å². The van der Waals surface area contributed by atoms with E-state index in [9.17, 15) is 9.18 Å². The summed E-state index contributed by atoms with van der Waals surface area (Å²) < 4.78 is 13.4. The van der Waals surface area contributed by atoms with E-state index in [1.54, 1.807) is 23.1 Å². The van der Waals surface area contributed by atoms with Crippen LogP contribution in [0.25, 0.3) is 0 Å². The molecule has 1 amide bonds. The molecule has 0 spiro atoms. The SMILES string of the molecule is CC(C)N(CCCl)C(=O)Cc1ccccc1F. The first-order valence-corrected chi connectivity index (χ1v) is 6.18. The molecule has 0 aliphatic carbocycles. The zero-order valence-corrected chi connectivity index (χ0v) is 10.9. The maximum atomic E-state index is 13.4. The molecular weight excluding hydrogens is 241 g/mol. The lowest BCUT2D eigenvalue weighted by atomic mass is 10.1. The molecular formula is C13H17ClFNO. The zero-order chi connectivity index (χ0) is 12.8. The highest BCUT2D eigenvalue weighted by Crippen LogP contribution is 2.10. The summed E-state index contributed by atoms with van der Waals surface area (Å²) in [5.41, 5.74) is 0.428. The van der Waals surface area contributed by atoms with Crippen molar-refractivity contribution in [2.75, 3.05) is 12.4 Å². The first kappa shape index (κ1) is 14.0. The first-order valence-electron chi connectivity index (χ1n) is 5.65. The topological polar surface area (TPSA) is 20.3 Å². The Labute approximate surface area is 106 Å². The molecule has 0 radical (unpaired) electrons. The number of carbonyl (C=O) groups is 1. The number of nitrogens with zero attached hydrogens (tertiary/aromatic N) is 1. The van der Waals surface area contributed by atoms with Gasteiger partial charge in [-0.25, -0.2) is 4.39 Å². The van der Waals surface area contributed by atoms with Crippen LogP contribution < -0.4 is 0 Å². The molecule has 0 N–H and O–H groups in total.